The van der Waals surface area contributed by atoms with Crippen molar-refractivity contribution in [2.45, 2.75) is 0 Å². The minimum Gasteiger partial charge on any atom is -0.309 e. The van der Waals surface area contributed by atoms with E-state index in [1.54, 1.807) is 0 Å². The van der Waals surface area contributed by atoms with Crippen molar-refractivity contribution in [3.63, 3.8) is 0 Å². The Kier molecular flexibility index (Phi) is 20.4. The van der Waals surface area contributed by atoms with Crippen molar-refractivity contribution in [2.24, 2.45) is 0 Å². The topological polar surface area (TPSA) is 94.4 Å². The Morgan fingerprint density at radius 3 is 0.929 bits per heavy atom. The van der Waals surface area contributed by atoms with Gasteiger partial charge in [-0.2, -0.15) is 0 Å². The maximum atomic E-state index is 15.1. The van der Waals surface area contributed by atoms with Gasteiger partial charge in [-0.3, -0.25) is 0 Å². The molecule has 0 atom stereocenters. The Balaban J connectivity index is 0.000000150. The molecule has 5 heterocycles. The van der Waals surface area contributed by atoms with Gasteiger partial charge in [0.1, 0.15) is 0 Å². The van der Waals surface area contributed by atoms with Crippen LogP contribution in [0.25, 0.3) is 209 Å². The summed E-state index contributed by atoms with van der Waals surface area (Å²) < 4.78 is 17.8. The fourth-order valence-corrected chi connectivity index (χ4v) is 21.7. The molecule has 5 aromatic heterocycles. The molecular formula is C118H77N6OPS. The Morgan fingerprint density at radius 2 is 0.488 bits per heavy atom. The molecule has 0 radical (unpaired) electrons. The van der Waals surface area contributed by atoms with Gasteiger partial charge in [0.2, 0.25) is 0 Å². The molecule has 18 aromatic carbocycles. The molecule has 0 saturated heterocycles. The molecule has 23 aromatic rings. The molecule has 127 heavy (non-hydrogen) atoms. The molecule has 0 aliphatic carbocycles. The molecule has 0 bridgehead atoms. The highest BCUT2D eigenvalue weighted by Gasteiger charge is 2.30. The van der Waals surface area contributed by atoms with E-state index in [2.05, 4.69) is 328 Å². The van der Waals surface area contributed by atoms with Crippen LogP contribution in [-0.4, -0.2) is 29.9 Å². The highest BCUT2D eigenvalue weighted by molar-refractivity contribution is 7.85. The van der Waals surface area contributed by atoms with Gasteiger partial charge < -0.3 is 4.57 Å². The average Bonchev–Trinajstić information content (AvgIpc) is 1.44. The average molecular weight is 1660 g/mol. The Hall–Kier alpha value is -16.1. The van der Waals surface area contributed by atoms with Crippen molar-refractivity contribution in [3.05, 3.63) is 467 Å². The normalized spacial score (nSPS) is 11.5. The van der Waals surface area contributed by atoms with Crippen molar-refractivity contribution in [1.29, 1.82) is 0 Å². The van der Waals surface area contributed by atoms with Crippen LogP contribution in [-0.2, 0) is 4.57 Å². The predicted octanol–water partition coefficient (Wildman–Crippen LogP) is 30.0. The molecule has 0 amide bonds. The first-order valence-corrected chi connectivity index (χ1v) is 45.2. The summed E-state index contributed by atoms with van der Waals surface area (Å²) in [5.74, 6) is 1.33. The zero-order chi connectivity index (χ0) is 84.6. The van der Waals surface area contributed by atoms with Crippen LogP contribution >= 0.6 is 18.5 Å². The van der Waals surface area contributed by atoms with Gasteiger partial charge in [-0.1, -0.05) is 413 Å². The number of para-hydroxylation sites is 2. The summed E-state index contributed by atoms with van der Waals surface area (Å²) >= 11 is 1.86. The lowest BCUT2D eigenvalue weighted by atomic mass is 9.91. The first-order chi connectivity index (χ1) is 62.8. The highest BCUT2D eigenvalue weighted by Crippen LogP contribution is 2.47. The number of hydrogen-bond donors (Lipinski definition) is 0. The summed E-state index contributed by atoms with van der Waals surface area (Å²) in [5.41, 5.74) is 26.9. The van der Waals surface area contributed by atoms with Gasteiger partial charge in [-0.25, -0.2) is 29.9 Å². The van der Waals surface area contributed by atoms with Gasteiger partial charge in [0.05, 0.1) is 45.2 Å². The summed E-state index contributed by atoms with van der Waals surface area (Å²) in [7, 11) is -3.14. The zero-order valence-corrected chi connectivity index (χ0v) is 70.6. The summed E-state index contributed by atoms with van der Waals surface area (Å²) in [6, 6.07) is 162. The van der Waals surface area contributed by atoms with Crippen LogP contribution < -0.4 is 15.9 Å². The molecular weight excluding hydrogens is 1580 g/mol. The first-order valence-electron chi connectivity index (χ1n) is 42.7. The lowest BCUT2D eigenvalue weighted by Crippen LogP contribution is -2.24. The maximum Gasteiger partial charge on any atom is 0.171 e. The van der Waals surface area contributed by atoms with Gasteiger partial charge in [-0.15, -0.1) is 11.3 Å². The third-order valence-electron chi connectivity index (χ3n) is 24.1. The van der Waals surface area contributed by atoms with Gasteiger partial charge >= 0.3 is 0 Å². The standard InChI is InChI=1S/C59H40N3OP.C59H37N3S/c63-64(48-26-9-3-10-27-48,49-28-11-4-12-29-49)50-36-34-41(35-37-50)55-40-56(62-59(61-55)43-20-7-2-8-21-43)47-25-16-23-45(39-47)44-22-15-24-46(38-44)51-31-17-32-53-57(51)52-30-13-14-33-54(52)60-58(53)42-18-5-1-6-19-42;1-3-15-40(16-4-1)57-51-28-13-25-46(56(51)50-24-7-9-29-52(50)60-57)44-21-11-19-42(35-44)43-20-12-22-45(36-43)54-37-53(61-59(62-54)41-17-5-2-6-18-41)39-33-31-38(32-34-39)47-26-14-27-49-48-23-8-10-30-55(48)63-58(47)49/h1-40H;1-37H. The van der Waals surface area contributed by atoms with E-state index < -0.39 is 7.14 Å². The van der Waals surface area contributed by atoms with Crippen molar-refractivity contribution in [3.8, 4) is 146 Å². The maximum absolute atomic E-state index is 15.1. The Bertz CT molecular complexity index is 8100. The molecule has 0 saturated carbocycles. The number of hydrogen-bond acceptors (Lipinski definition) is 8. The van der Waals surface area contributed by atoms with E-state index >= 15 is 4.57 Å². The second kappa shape index (κ2) is 33.6. The summed E-state index contributed by atoms with van der Waals surface area (Å²) in [6.07, 6.45) is 0. The predicted molar refractivity (Wildman–Crippen MR) is 533 cm³/mol. The first kappa shape index (κ1) is 77.0. The lowest BCUT2D eigenvalue weighted by molar-refractivity contribution is 0.592. The highest BCUT2D eigenvalue weighted by atomic mass is 32.1. The van der Waals surface area contributed by atoms with Crippen LogP contribution in [0.4, 0.5) is 0 Å². The van der Waals surface area contributed by atoms with Gasteiger partial charge in [0.25, 0.3) is 0 Å². The number of rotatable bonds is 16. The number of benzene rings is 18. The number of nitrogens with zero attached hydrogens (tertiary/aromatic N) is 6. The van der Waals surface area contributed by atoms with Crippen LogP contribution in [0, 0.1) is 0 Å². The lowest BCUT2D eigenvalue weighted by Gasteiger charge is -2.20. The number of thiophene rings is 1. The molecule has 0 aliphatic rings. The smallest absolute Gasteiger partial charge is 0.171 e. The molecule has 0 fully saturated rings. The molecule has 0 spiro atoms. The van der Waals surface area contributed by atoms with Gasteiger partial charge in [-0.05, 0) is 110 Å². The van der Waals surface area contributed by atoms with Crippen molar-refractivity contribution < 1.29 is 4.57 Å². The molecule has 0 aliphatic heterocycles. The van der Waals surface area contributed by atoms with Crippen molar-refractivity contribution >= 4 is 97.9 Å². The van der Waals surface area contributed by atoms with E-state index in [-0.39, 0.29) is 0 Å². The summed E-state index contributed by atoms with van der Waals surface area (Å²) in [4.78, 5) is 31.0. The van der Waals surface area contributed by atoms with Crippen LogP contribution in [0.15, 0.2) is 467 Å². The second-order valence-electron chi connectivity index (χ2n) is 31.8. The Morgan fingerprint density at radius 1 is 0.189 bits per heavy atom. The molecule has 596 valence electrons. The van der Waals surface area contributed by atoms with E-state index in [4.69, 9.17) is 29.9 Å². The minimum atomic E-state index is -3.14. The second-order valence-corrected chi connectivity index (χ2v) is 35.6. The molecule has 9 heteroatoms. The van der Waals surface area contributed by atoms with Gasteiger partial charge in [0.15, 0.2) is 18.8 Å². The third-order valence-corrected chi connectivity index (χ3v) is 28.3. The van der Waals surface area contributed by atoms with E-state index in [0.29, 0.717) is 11.6 Å². The fraction of sp³-hybridized carbons (Fsp3) is 0. The van der Waals surface area contributed by atoms with Crippen molar-refractivity contribution in [2.75, 3.05) is 0 Å². The molecule has 0 N–H and O–H groups in total. The van der Waals surface area contributed by atoms with Crippen LogP contribution in [0.2, 0.25) is 0 Å². The quantitative estimate of drug-likeness (QED) is 0.0702. The Labute approximate surface area is 740 Å². The van der Waals surface area contributed by atoms with E-state index in [0.717, 1.165) is 166 Å². The fourth-order valence-electron chi connectivity index (χ4n) is 17.8. The number of pyridine rings is 2. The summed E-state index contributed by atoms with van der Waals surface area (Å²) in [5, 5.41) is 11.9. The minimum absolute atomic E-state index is 0.636. The van der Waals surface area contributed by atoms with E-state index in [1.165, 1.54) is 47.6 Å². The zero-order valence-electron chi connectivity index (χ0n) is 68.9. The van der Waals surface area contributed by atoms with E-state index in [1.807, 2.05) is 151 Å². The van der Waals surface area contributed by atoms with Crippen molar-refractivity contribution in [1.82, 2.24) is 29.9 Å². The number of fused-ring (bicyclic) bond motifs is 9. The molecule has 7 nitrogen and oxygen atoms in total. The van der Waals surface area contributed by atoms with Crippen LogP contribution in [0.5, 0.6) is 0 Å². The van der Waals surface area contributed by atoms with Crippen LogP contribution in [0.1, 0.15) is 0 Å². The van der Waals surface area contributed by atoms with E-state index in [9.17, 15) is 0 Å². The number of aromatic nitrogens is 6. The SMILES string of the molecule is O=P(c1ccccc1)(c1ccccc1)c1ccc(-c2cc(-c3cccc(-c4cccc(-c5cccc6c(-c7ccccc7)nc7ccccc7c56)c4)c3)nc(-c3ccccc3)n2)cc1.c1ccc(-c2nc(-c3ccc(-c4cccc5c4sc4ccccc45)cc3)cc(-c3cccc(-c4cccc(-c5cccc6c(-c7ccccc7)nc7ccccc7c56)c4)c3)n2)cc1. The monoisotopic (exact) mass is 1660 g/mol. The largest absolute Gasteiger partial charge is 0.309 e. The molecule has 23 rings (SSSR count). The third kappa shape index (κ3) is 14.9. The molecule has 0 unspecified atom stereocenters. The summed E-state index contributed by atoms with van der Waals surface area (Å²) in [6.45, 7) is 0. The van der Waals surface area contributed by atoms with Crippen LogP contribution in [0.3, 0.4) is 0 Å². The van der Waals surface area contributed by atoms with Gasteiger partial charge in [0, 0.05) is 113 Å².